The highest BCUT2D eigenvalue weighted by atomic mass is 79.9. The molecule has 1 aromatic carbocycles. The number of likely N-dealkylation sites (N-methyl/N-ethyl adjacent to an activating group) is 1. The Kier molecular flexibility index (Phi) is 6.89. The zero-order chi connectivity index (χ0) is 12.7. The predicted molar refractivity (Wildman–Crippen MR) is 74.0 cm³/mol. The summed E-state index contributed by atoms with van der Waals surface area (Å²) in [6.07, 6.45) is 0. The van der Waals surface area contributed by atoms with Gasteiger partial charge in [0, 0.05) is 4.47 Å². The van der Waals surface area contributed by atoms with Crippen molar-refractivity contribution in [3.63, 3.8) is 0 Å². The maximum Gasteiger partial charge on any atom is 0.138 e. The second-order valence-corrected chi connectivity index (χ2v) is 5.57. The van der Waals surface area contributed by atoms with Crippen LogP contribution < -0.4 is 15.0 Å². The van der Waals surface area contributed by atoms with Gasteiger partial charge in [-0.2, -0.15) is 0 Å². The molecule has 0 aliphatic rings. The third kappa shape index (κ3) is 6.27. The number of nitrogens with two attached hydrogens (primary N) is 1. The van der Waals surface area contributed by atoms with Crippen LogP contribution in [-0.2, 0) is 0 Å². The third-order valence-corrected chi connectivity index (χ3v) is 3.11. The van der Waals surface area contributed by atoms with Gasteiger partial charge in [0.15, 0.2) is 0 Å². The van der Waals surface area contributed by atoms with Crippen LogP contribution in [0.1, 0.15) is 0 Å². The Morgan fingerprint density at radius 2 is 2.12 bits per heavy atom. The second kappa shape index (κ2) is 7.93. The SMILES string of the molecule is C[NH+](C)CC[NH2+]CCOc1ccc(Br)cc1Cl. The van der Waals surface area contributed by atoms with Crippen molar-refractivity contribution in [3.05, 3.63) is 27.7 Å². The molecule has 3 N–H and O–H groups in total. The molecule has 1 rings (SSSR count). The first-order valence-corrected chi connectivity index (χ1v) is 6.95. The molecule has 0 heterocycles. The molecule has 0 saturated carbocycles. The van der Waals surface area contributed by atoms with Crippen molar-refractivity contribution in [2.75, 3.05) is 40.3 Å². The van der Waals surface area contributed by atoms with E-state index in [-0.39, 0.29) is 0 Å². The van der Waals surface area contributed by atoms with E-state index in [1.807, 2.05) is 18.2 Å². The first kappa shape index (κ1) is 14.8. The maximum atomic E-state index is 6.04. The number of nitrogens with one attached hydrogen (secondary N) is 1. The highest BCUT2D eigenvalue weighted by Crippen LogP contribution is 2.27. The van der Waals surface area contributed by atoms with Crippen molar-refractivity contribution in [1.29, 1.82) is 0 Å². The molecule has 1 aromatic rings. The van der Waals surface area contributed by atoms with Crippen LogP contribution in [0.15, 0.2) is 22.7 Å². The summed E-state index contributed by atoms with van der Waals surface area (Å²) in [5.41, 5.74) is 0. The van der Waals surface area contributed by atoms with Gasteiger partial charge in [0.05, 0.1) is 19.1 Å². The maximum absolute atomic E-state index is 6.04. The van der Waals surface area contributed by atoms with Gasteiger partial charge in [0.2, 0.25) is 0 Å². The Bertz CT molecular complexity index is 347. The normalized spacial score (nSPS) is 10.9. The lowest BCUT2D eigenvalue weighted by Crippen LogP contribution is -3.09. The summed E-state index contributed by atoms with van der Waals surface area (Å²) in [6, 6.07) is 5.66. The summed E-state index contributed by atoms with van der Waals surface area (Å²) in [5.74, 6) is 0.751. The van der Waals surface area contributed by atoms with E-state index in [9.17, 15) is 0 Å². The number of ether oxygens (including phenoxy) is 1. The first-order chi connectivity index (χ1) is 8.09. The van der Waals surface area contributed by atoms with E-state index < -0.39 is 0 Å². The average molecular weight is 324 g/mol. The smallest absolute Gasteiger partial charge is 0.138 e. The van der Waals surface area contributed by atoms with Crippen molar-refractivity contribution in [2.45, 2.75) is 0 Å². The molecule has 17 heavy (non-hydrogen) atoms. The molecule has 0 radical (unpaired) electrons. The molecule has 0 aromatic heterocycles. The molecule has 0 fully saturated rings. The summed E-state index contributed by atoms with van der Waals surface area (Å²) in [5, 5.41) is 2.91. The molecule has 96 valence electrons. The van der Waals surface area contributed by atoms with Gasteiger partial charge in [-0.3, -0.25) is 0 Å². The van der Waals surface area contributed by atoms with E-state index in [0.29, 0.717) is 11.6 Å². The van der Waals surface area contributed by atoms with Gasteiger partial charge in [0.25, 0.3) is 0 Å². The van der Waals surface area contributed by atoms with Crippen molar-refractivity contribution in [3.8, 4) is 5.75 Å². The van der Waals surface area contributed by atoms with Crippen molar-refractivity contribution >= 4 is 27.5 Å². The molecule has 0 aliphatic heterocycles. The minimum Gasteiger partial charge on any atom is -0.486 e. The Hall–Kier alpha value is -0.290. The minimum absolute atomic E-state index is 0.650. The summed E-state index contributed by atoms with van der Waals surface area (Å²) >= 11 is 9.41. The summed E-state index contributed by atoms with van der Waals surface area (Å²) in [6.45, 7) is 3.93. The molecule has 0 bridgehead atoms. The third-order valence-electron chi connectivity index (χ3n) is 2.32. The standard InChI is InChI=1S/C12H18BrClN2O/c1-16(2)7-5-15-6-8-17-12-4-3-10(13)9-11(12)14/h3-4,9,15H,5-8H2,1-2H3/p+2. The molecule has 0 atom stereocenters. The monoisotopic (exact) mass is 322 g/mol. The average Bonchev–Trinajstić information content (AvgIpc) is 2.25. The largest absolute Gasteiger partial charge is 0.486 e. The highest BCUT2D eigenvalue weighted by molar-refractivity contribution is 9.10. The molecule has 3 nitrogen and oxygen atoms in total. The number of rotatable bonds is 7. The van der Waals surface area contributed by atoms with Crippen LogP contribution in [0.4, 0.5) is 0 Å². The Balaban J connectivity index is 2.18. The van der Waals surface area contributed by atoms with Crippen molar-refractivity contribution < 1.29 is 15.0 Å². The molecule has 0 aliphatic carbocycles. The van der Waals surface area contributed by atoms with Gasteiger partial charge in [-0.1, -0.05) is 27.5 Å². The fourth-order valence-corrected chi connectivity index (χ4v) is 2.11. The summed E-state index contributed by atoms with van der Waals surface area (Å²) in [7, 11) is 4.32. The van der Waals surface area contributed by atoms with E-state index in [1.54, 1.807) is 0 Å². The number of hydrogen-bond donors (Lipinski definition) is 2. The highest BCUT2D eigenvalue weighted by Gasteiger charge is 2.02. The van der Waals surface area contributed by atoms with Crippen LogP contribution >= 0.6 is 27.5 Å². The van der Waals surface area contributed by atoms with Crippen LogP contribution in [0.3, 0.4) is 0 Å². The molecule has 5 heteroatoms. The summed E-state index contributed by atoms with van der Waals surface area (Å²) in [4.78, 5) is 1.47. The molecular weight excluding hydrogens is 304 g/mol. The van der Waals surface area contributed by atoms with E-state index >= 15 is 0 Å². The van der Waals surface area contributed by atoms with Gasteiger partial charge in [-0.15, -0.1) is 0 Å². The van der Waals surface area contributed by atoms with Crippen LogP contribution in [-0.4, -0.2) is 40.3 Å². The predicted octanol–water partition coefficient (Wildman–Crippen LogP) is 0.189. The number of halogens is 2. The lowest BCUT2D eigenvalue weighted by molar-refractivity contribution is -0.874. The Labute approximate surface area is 116 Å². The van der Waals surface area contributed by atoms with E-state index in [1.165, 1.54) is 11.4 Å². The van der Waals surface area contributed by atoms with Crippen LogP contribution in [0.25, 0.3) is 0 Å². The molecule has 0 saturated heterocycles. The minimum atomic E-state index is 0.650. The molecule has 0 amide bonds. The van der Waals surface area contributed by atoms with E-state index in [0.717, 1.165) is 23.3 Å². The van der Waals surface area contributed by atoms with E-state index in [2.05, 4.69) is 35.3 Å². The Morgan fingerprint density at radius 3 is 2.76 bits per heavy atom. The first-order valence-electron chi connectivity index (χ1n) is 5.78. The van der Waals surface area contributed by atoms with Crippen LogP contribution in [0, 0.1) is 0 Å². The van der Waals surface area contributed by atoms with Gasteiger partial charge >= 0.3 is 0 Å². The lowest BCUT2D eigenvalue weighted by Gasteiger charge is -2.08. The zero-order valence-electron chi connectivity index (χ0n) is 10.3. The van der Waals surface area contributed by atoms with Gasteiger partial charge < -0.3 is 15.0 Å². The topological polar surface area (TPSA) is 30.3 Å². The quantitative estimate of drug-likeness (QED) is 0.690. The summed E-state index contributed by atoms with van der Waals surface area (Å²) < 4.78 is 6.58. The number of quaternary nitrogens is 2. The van der Waals surface area contributed by atoms with Crippen molar-refractivity contribution in [1.82, 2.24) is 0 Å². The molecule has 0 unspecified atom stereocenters. The second-order valence-electron chi connectivity index (χ2n) is 4.25. The van der Waals surface area contributed by atoms with E-state index in [4.69, 9.17) is 16.3 Å². The Morgan fingerprint density at radius 1 is 1.35 bits per heavy atom. The van der Waals surface area contributed by atoms with Crippen LogP contribution in [0.2, 0.25) is 5.02 Å². The van der Waals surface area contributed by atoms with Gasteiger partial charge in [0.1, 0.15) is 32.0 Å². The number of hydrogen-bond acceptors (Lipinski definition) is 1. The van der Waals surface area contributed by atoms with Crippen LogP contribution in [0.5, 0.6) is 5.75 Å². The molecular formula is C12H20BrClN2O+2. The van der Waals surface area contributed by atoms with Crippen molar-refractivity contribution in [2.24, 2.45) is 0 Å². The fraction of sp³-hybridized carbons (Fsp3) is 0.500. The molecule has 0 spiro atoms. The fourth-order valence-electron chi connectivity index (χ4n) is 1.38. The lowest BCUT2D eigenvalue weighted by atomic mass is 10.3. The van der Waals surface area contributed by atoms with Gasteiger partial charge in [-0.05, 0) is 18.2 Å². The number of benzene rings is 1. The zero-order valence-corrected chi connectivity index (χ0v) is 12.6. The van der Waals surface area contributed by atoms with Gasteiger partial charge in [-0.25, -0.2) is 0 Å².